The van der Waals surface area contributed by atoms with Crippen molar-refractivity contribution in [1.29, 1.82) is 0 Å². The molecule has 1 saturated heterocycles. The average molecular weight is 307 g/mol. The van der Waals surface area contributed by atoms with Crippen LogP contribution in [-0.2, 0) is 11.2 Å². The first-order valence-electron chi connectivity index (χ1n) is 7.52. The number of nitrogens with one attached hydrogen (secondary N) is 2. The number of carbonyl (C=O) groups is 2. The molecule has 1 aliphatic heterocycles. The number of benzene rings is 1. The van der Waals surface area contributed by atoms with Crippen LogP contribution < -0.4 is 10.6 Å². The van der Waals surface area contributed by atoms with Crippen LogP contribution in [0.1, 0.15) is 19.4 Å². The van der Waals surface area contributed by atoms with Crippen molar-refractivity contribution in [2.24, 2.45) is 5.92 Å². The quantitative estimate of drug-likeness (QED) is 0.886. The van der Waals surface area contributed by atoms with E-state index in [0.717, 1.165) is 5.56 Å². The molecule has 1 aromatic carbocycles. The summed E-state index contributed by atoms with van der Waals surface area (Å²) in [5, 5.41) is 5.68. The highest BCUT2D eigenvalue weighted by molar-refractivity contribution is 5.85. The SMILES string of the molecule is CC(C)[C@@H](Cc1ccc(F)cc1)NC(=O)N1CCNC(=O)C1. The van der Waals surface area contributed by atoms with Crippen LogP contribution in [0.3, 0.4) is 0 Å². The zero-order valence-corrected chi connectivity index (χ0v) is 12.9. The number of hydrogen-bond acceptors (Lipinski definition) is 2. The Bertz CT molecular complexity index is 531. The number of amides is 3. The lowest BCUT2D eigenvalue weighted by Gasteiger charge is -2.30. The van der Waals surface area contributed by atoms with Gasteiger partial charge in [-0.2, -0.15) is 0 Å². The molecule has 1 aliphatic rings. The number of nitrogens with zero attached hydrogens (tertiary/aromatic N) is 1. The van der Waals surface area contributed by atoms with Crippen LogP contribution in [0.2, 0.25) is 0 Å². The molecule has 0 unspecified atom stereocenters. The standard InChI is InChI=1S/C16H22FN3O2/c1-11(2)14(9-12-3-5-13(17)6-4-12)19-16(22)20-8-7-18-15(21)10-20/h3-6,11,14H,7-10H2,1-2H3,(H,18,21)(H,19,22)/t14-/m1/s1. The molecule has 5 nitrogen and oxygen atoms in total. The van der Waals surface area contributed by atoms with Crippen molar-refractivity contribution in [3.8, 4) is 0 Å². The predicted molar refractivity (Wildman–Crippen MR) is 81.8 cm³/mol. The Balaban J connectivity index is 1.97. The first kappa shape index (κ1) is 16.3. The zero-order chi connectivity index (χ0) is 16.1. The number of hydrogen-bond donors (Lipinski definition) is 2. The number of carbonyl (C=O) groups excluding carboxylic acids is 2. The number of rotatable bonds is 4. The smallest absolute Gasteiger partial charge is 0.318 e. The topological polar surface area (TPSA) is 61.4 Å². The maximum atomic E-state index is 13.0. The van der Waals surface area contributed by atoms with Gasteiger partial charge in [-0.15, -0.1) is 0 Å². The van der Waals surface area contributed by atoms with Crippen LogP contribution in [0.25, 0.3) is 0 Å². The van der Waals surface area contributed by atoms with E-state index in [-0.39, 0.29) is 36.3 Å². The zero-order valence-electron chi connectivity index (χ0n) is 12.9. The van der Waals surface area contributed by atoms with E-state index >= 15 is 0 Å². The first-order chi connectivity index (χ1) is 10.5. The van der Waals surface area contributed by atoms with Gasteiger partial charge >= 0.3 is 6.03 Å². The molecule has 22 heavy (non-hydrogen) atoms. The Morgan fingerprint density at radius 2 is 2.05 bits per heavy atom. The molecule has 0 aliphatic carbocycles. The Labute approximate surface area is 129 Å². The molecule has 0 radical (unpaired) electrons. The van der Waals surface area contributed by atoms with Gasteiger partial charge in [0.1, 0.15) is 12.4 Å². The van der Waals surface area contributed by atoms with E-state index in [1.165, 1.54) is 17.0 Å². The van der Waals surface area contributed by atoms with Gasteiger partial charge in [0.25, 0.3) is 0 Å². The first-order valence-corrected chi connectivity index (χ1v) is 7.52. The van der Waals surface area contributed by atoms with E-state index in [0.29, 0.717) is 19.5 Å². The lowest BCUT2D eigenvalue weighted by Crippen LogP contribution is -2.55. The normalized spacial score (nSPS) is 16.4. The summed E-state index contributed by atoms with van der Waals surface area (Å²) in [5.74, 6) is -0.179. The van der Waals surface area contributed by atoms with Gasteiger partial charge < -0.3 is 15.5 Å². The Morgan fingerprint density at radius 1 is 1.36 bits per heavy atom. The maximum absolute atomic E-state index is 13.0. The molecular formula is C16H22FN3O2. The van der Waals surface area contributed by atoms with E-state index in [2.05, 4.69) is 10.6 Å². The van der Waals surface area contributed by atoms with Crippen molar-refractivity contribution < 1.29 is 14.0 Å². The van der Waals surface area contributed by atoms with Crippen molar-refractivity contribution >= 4 is 11.9 Å². The van der Waals surface area contributed by atoms with Crippen LogP contribution in [0.15, 0.2) is 24.3 Å². The molecule has 6 heteroatoms. The van der Waals surface area contributed by atoms with E-state index in [4.69, 9.17) is 0 Å². The molecule has 0 bridgehead atoms. The van der Waals surface area contributed by atoms with Gasteiger partial charge in [0.05, 0.1) is 0 Å². The number of piperazine rings is 1. The second-order valence-corrected chi connectivity index (χ2v) is 5.90. The third-order valence-corrected chi connectivity index (χ3v) is 3.81. The minimum Gasteiger partial charge on any atom is -0.353 e. The van der Waals surface area contributed by atoms with Gasteiger partial charge in [-0.05, 0) is 30.0 Å². The summed E-state index contributed by atoms with van der Waals surface area (Å²) < 4.78 is 13.0. The van der Waals surface area contributed by atoms with E-state index in [1.54, 1.807) is 12.1 Å². The highest BCUT2D eigenvalue weighted by atomic mass is 19.1. The van der Waals surface area contributed by atoms with Crippen molar-refractivity contribution in [1.82, 2.24) is 15.5 Å². The highest BCUT2D eigenvalue weighted by Gasteiger charge is 2.24. The third-order valence-electron chi connectivity index (χ3n) is 3.81. The molecule has 1 heterocycles. The second kappa shape index (κ2) is 7.24. The molecule has 0 spiro atoms. The second-order valence-electron chi connectivity index (χ2n) is 5.90. The molecule has 1 atom stereocenters. The van der Waals surface area contributed by atoms with Gasteiger partial charge in [0.15, 0.2) is 0 Å². The Hall–Kier alpha value is -2.11. The van der Waals surface area contributed by atoms with Crippen LogP contribution in [0, 0.1) is 11.7 Å². The molecule has 120 valence electrons. The fraction of sp³-hybridized carbons (Fsp3) is 0.500. The minimum absolute atomic E-state index is 0.0667. The number of urea groups is 1. The van der Waals surface area contributed by atoms with Gasteiger partial charge in [0.2, 0.25) is 5.91 Å². The largest absolute Gasteiger partial charge is 0.353 e. The summed E-state index contributed by atoms with van der Waals surface area (Å²) in [6.07, 6.45) is 0.629. The fourth-order valence-electron chi connectivity index (χ4n) is 2.39. The molecule has 0 saturated carbocycles. The summed E-state index contributed by atoms with van der Waals surface area (Å²) in [6.45, 7) is 5.14. The molecule has 3 amide bonds. The molecule has 1 aromatic rings. The van der Waals surface area contributed by atoms with E-state index in [9.17, 15) is 14.0 Å². The summed E-state index contributed by atoms with van der Waals surface area (Å²) >= 11 is 0. The summed E-state index contributed by atoms with van der Waals surface area (Å²) in [7, 11) is 0. The molecular weight excluding hydrogens is 285 g/mol. The van der Waals surface area contributed by atoms with E-state index in [1.807, 2.05) is 13.8 Å². The highest BCUT2D eigenvalue weighted by Crippen LogP contribution is 2.12. The van der Waals surface area contributed by atoms with Gasteiger partial charge in [-0.25, -0.2) is 9.18 Å². The molecule has 1 fully saturated rings. The lowest BCUT2D eigenvalue weighted by molar-refractivity contribution is -0.123. The van der Waals surface area contributed by atoms with Gasteiger partial charge in [0, 0.05) is 19.1 Å². The molecule has 2 rings (SSSR count). The minimum atomic E-state index is -0.270. The van der Waals surface area contributed by atoms with Crippen molar-refractivity contribution in [2.75, 3.05) is 19.6 Å². The Morgan fingerprint density at radius 3 is 2.64 bits per heavy atom. The monoisotopic (exact) mass is 307 g/mol. The van der Waals surface area contributed by atoms with Crippen LogP contribution in [0.5, 0.6) is 0 Å². The van der Waals surface area contributed by atoms with Gasteiger partial charge in [-0.3, -0.25) is 4.79 Å². The lowest BCUT2D eigenvalue weighted by atomic mass is 9.96. The van der Waals surface area contributed by atoms with Crippen molar-refractivity contribution in [3.05, 3.63) is 35.6 Å². The summed E-state index contributed by atoms with van der Waals surface area (Å²) in [5.41, 5.74) is 0.969. The van der Waals surface area contributed by atoms with Crippen LogP contribution in [0.4, 0.5) is 9.18 Å². The summed E-state index contributed by atoms with van der Waals surface area (Å²) in [6, 6.07) is 6.00. The Kier molecular flexibility index (Phi) is 5.35. The average Bonchev–Trinajstić information content (AvgIpc) is 2.48. The summed E-state index contributed by atoms with van der Waals surface area (Å²) in [4.78, 5) is 25.1. The van der Waals surface area contributed by atoms with Gasteiger partial charge in [-0.1, -0.05) is 26.0 Å². The predicted octanol–water partition coefficient (Wildman–Crippen LogP) is 1.53. The van der Waals surface area contributed by atoms with Crippen molar-refractivity contribution in [2.45, 2.75) is 26.3 Å². The van der Waals surface area contributed by atoms with Crippen molar-refractivity contribution in [3.63, 3.8) is 0 Å². The molecule has 2 N–H and O–H groups in total. The maximum Gasteiger partial charge on any atom is 0.318 e. The van der Waals surface area contributed by atoms with Crippen LogP contribution >= 0.6 is 0 Å². The van der Waals surface area contributed by atoms with Crippen LogP contribution in [-0.4, -0.2) is 42.5 Å². The fourth-order valence-corrected chi connectivity index (χ4v) is 2.39. The number of halogens is 1. The van der Waals surface area contributed by atoms with E-state index < -0.39 is 0 Å². The molecule has 0 aromatic heterocycles. The third kappa shape index (κ3) is 4.44.